The molecule has 2 aromatic rings. The monoisotopic (exact) mass is 244 g/mol. The maximum absolute atomic E-state index is 5.65. The summed E-state index contributed by atoms with van der Waals surface area (Å²) in [4.78, 5) is 4.23. The molecule has 0 radical (unpaired) electrons. The van der Waals surface area contributed by atoms with Crippen molar-refractivity contribution >= 4 is 5.82 Å². The normalized spacial score (nSPS) is 10.4. The molecule has 0 fully saturated rings. The van der Waals surface area contributed by atoms with E-state index in [-0.39, 0.29) is 0 Å². The van der Waals surface area contributed by atoms with Gasteiger partial charge in [-0.25, -0.2) is 4.98 Å². The smallest absolute Gasteiger partial charge is 0.184 e. The first-order chi connectivity index (χ1) is 8.54. The van der Waals surface area contributed by atoms with E-state index in [4.69, 9.17) is 10.5 Å². The summed E-state index contributed by atoms with van der Waals surface area (Å²) >= 11 is 0. The third-order valence-corrected chi connectivity index (χ3v) is 3.07. The first-order valence-corrected chi connectivity index (χ1v) is 5.65. The molecule has 0 saturated carbocycles. The van der Waals surface area contributed by atoms with Crippen molar-refractivity contribution in [3.63, 3.8) is 0 Å². The number of benzene rings is 1. The van der Waals surface area contributed by atoms with E-state index in [2.05, 4.69) is 15.2 Å². The Labute approximate surface area is 106 Å². The Morgan fingerprint density at radius 3 is 2.50 bits per heavy atom. The van der Waals surface area contributed by atoms with Crippen molar-refractivity contribution in [3.05, 3.63) is 29.0 Å². The molecule has 5 nitrogen and oxygen atoms in total. The van der Waals surface area contributed by atoms with E-state index in [0.29, 0.717) is 11.6 Å². The molecule has 0 aliphatic rings. The molecule has 2 N–H and O–H groups in total. The zero-order chi connectivity index (χ0) is 13.3. The fraction of sp³-hybridized carbons (Fsp3) is 0.308. The van der Waals surface area contributed by atoms with Crippen molar-refractivity contribution in [1.82, 2.24) is 15.2 Å². The second-order valence-electron chi connectivity index (χ2n) is 4.23. The maximum Gasteiger partial charge on any atom is 0.184 e. The number of methoxy groups -OCH3 is 1. The van der Waals surface area contributed by atoms with Crippen LogP contribution in [0.5, 0.6) is 5.75 Å². The molecule has 0 spiro atoms. The third-order valence-electron chi connectivity index (χ3n) is 3.07. The number of ether oxygens (including phenoxy) is 1. The first kappa shape index (κ1) is 12.3. The lowest BCUT2D eigenvalue weighted by atomic mass is 9.97. The van der Waals surface area contributed by atoms with Crippen molar-refractivity contribution in [2.45, 2.75) is 20.8 Å². The Bertz CT molecular complexity index is 596. The van der Waals surface area contributed by atoms with E-state index in [9.17, 15) is 0 Å². The van der Waals surface area contributed by atoms with Gasteiger partial charge in [0.15, 0.2) is 5.82 Å². The Kier molecular flexibility index (Phi) is 3.14. The molecule has 0 saturated heterocycles. The molecule has 0 bridgehead atoms. The van der Waals surface area contributed by atoms with E-state index >= 15 is 0 Å². The molecular formula is C13H16N4O. The second-order valence-corrected chi connectivity index (χ2v) is 4.23. The molecule has 0 atom stereocenters. The summed E-state index contributed by atoms with van der Waals surface area (Å²) in [5.74, 6) is 1.79. The molecule has 94 valence electrons. The van der Waals surface area contributed by atoms with Gasteiger partial charge in [0.05, 0.1) is 13.3 Å². The quantitative estimate of drug-likeness (QED) is 0.875. The van der Waals surface area contributed by atoms with Crippen LogP contribution in [0, 0.1) is 20.8 Å². The minimum atomic E-state index is 0.368. The van der Waals surface area contributed by atoms with Crippen LogP contribution in [0.4, 0.5) is 5.82 Å². The number of aryl methyl sites for hydroxylation is 1. The Balaban J connectivity index is 2.69. The summed E-state index contributed by atoms with van der Waals surface area (Å²) in [6.07, 6.45) is 1.44. The molecule has 5 heteroatoms. The van der Waals surface area contributed by atoms with Gasteiger partial charge in [0.2, 0.25) is 0 Å². The fourth-order valence-corrected chi connectivity index (χ4v) is 2.02. The van der Waals surface area contributed by atoms with Gasteiger partial charge in [0.25, 0.3) is 0 Å². The Morgan fingerprint density at radius 2 is 1.89 bits per heavy atom. The van der Waals surface area contributed by atoms with Crippen molar-refractivity contribution in [2.24, 2.45) is 0 Å². The van der Waals surface area contributed by atoms with Crippen LogP contribution >= 0.6 is 0 Å². The Hall–Kier alpha value is -2.17. The highest BCUT2D eigenvalue weighted by molar-refractivity contribution is 5.69. The van der Waals surface area contributed by atoms with Gasteiger partial charge in [0.1, 0.15) is 11.6 Å². The van der Waals surface area contributed by atoms with Crippen LogP contribution in [0.25, 0.3) is 11.4 Å². The van der Waals surface area contributed by atoms with E-state index < -0.39 is 0 Å². The molecular weight excluding hydrogens is 228 g/mol. The molecule has 0 amide bonds. The number of hydrogen-bond donors (Lipinski definition) is 1. The summed E-state index contributed by atoms with van der Waals surface area (Å²) in [6.45, 7) is 6.03. The van der Waals surface area contributed by atoms with Gasteiger partial charge in [-0.15, -0.1) is 5.10 Å². The van der Waals surface area contributed by atoms with Gasteiger partial charge >= 0.3 is 0 Å². The summed E-state index contributed by atoms with van der Waals surface area (Å²) in [7, 11) is 1.67. The van der Waals surface area contributed by atoms with Gasteiger partial charge < -0.3 is 10.5 Å². The molecule has 0 unspecified atom stereocenters. The molecule has 0 aliphatic carbocycles. The number of hydrogen-bond acceptors (Lipinski definition) is 5. The summed E-state index contributed by atoms with van der Waals surface area (Å²) in [5.41, 5.74) is 9.82. The number of aromatic nitrogens is 3. The minimum absolute atomic E-state index is 0.368. The topological polar surface area (TPSA) is 73.9 Å². The Morgan fingerprint density at radius 1 is 1.17 bits per heavy atom. The predicted molar refractivity (Wildman–Crippen MR) is 70.4 cm³/mol. The molecule has 1 heterocycles. The summed E-state index contributed by atoms with van der Waals surface area (Å²) < 4.78 is 5.34. The van der Waals surface area contributed by atoms with Crippen molar-refractivity contribution in [3.8, 4) is 17.1 Å². The lowest BCUT2D eigenvalue weighted by molar-refractivity contribution is 0.411. The zero-order valence-electron chi connectivity index (χ0n) is 11.0. The SMILES string of the molecule is COc1cc(C)c(-c2nncc(N)n2)c(C)c1C. The number of nitrogens with zero attached hydrogens (tertiary/aromatic N) is 3. The van der Waals surface area contributed by atoms with Crippen LogP contribution in [-0.2, 0) is 0 Å². The minimum Gasteiger partial charge on any atom is -0.496 e. The highest BCUT2D eigenvalue weighted by atomic mass is 16.5. The lowest BCUT2D eigenvalue weighted by Crippen LogP contribution is -2.02. The van der Waals surface area contributed by atoms with Gasteiger partial charge in [-0.05, 0) is 43.5 Å². The molecule has 1 aromatic heterocycles. The van der Waals surface area contributed by atoms with Crippen LogP contribution < -0.4 is 10.5 Å². The predicted octanol–water partition coefficient (Wildman–Crippen LogP) is 2.05. The van der Waals surface area contributed by atoms with Gasteiger partial charge in [-0.1, -0.05) is 0 Å². The van der Waals surface area contributed by atoms with E-state index in [0.717, 1.165) is 28.0 Å². The summed E-state index contributed by atoms with van der Waals surface area (Å²) in [6, 6.07) is 1.98. The van der Waals surface area contributed by atoms with Gasteiger partial charge in [-0.3, -0.25) is 0 Å². The highest BCUT2D eigenvalue weighted by Gasteiger charge is 2.14. The number of nitrogen functional groups attached to an aromatic ring is 1. The lowest BCUT2D eigenvalue weighted by Gasteiger charge is -2.14. The van der Waals surface area contributed by atoms with E-state index in [1.165, 1.54) is 6.20 Å². The van der Waals surface area contributed by atoms with Crippen molar-refractivity contribution < 1.29 is 4.74 Å². The summed E-state index contributed by atoms with van der Waals surface area (Å²) in [5, 5.41) is 7.89. The van der Waals surface area contributed by atoms with Crippen LogP contribution in [0.3, 0.4) is 0 Å². The third kappa shape index (κ3) is 1.99. The zero-order valence-corrected chi connectivity index (χ0v) is 11.0. The fourth-order valence-electron chi connectivity index (χ4n) is 2.02. The largest absolute Gasteiger partial charge is 0.496 e. The molecule has 18 heavy (non-hydrogen) atoms. The molecule has 1 aromatic carbocycles. The average Bonchev–Trinajstić information content (AvgIpc) is 2.34. The number of rotatable bonds is 2. The van der Waals surface area contributed by atoms with Crippen LogP contribution in [-0.4, -0.2) is 22.3 Å². The van der Waals surface area contributed by atoms with Crippen molar-refractivity contribution in [2.75, 3.05) is 12.8 Å². The van der Waals surface area contributed by atoms with Crippen LogP contribution in [0.15, 0.2) is 12.3 Å². The molecule has 0 aliphatic heterocycles. The average molecular weight is 244 g/mol. The maximum atomic E-state index is 5.65. The number of anilines is 1. The standard InChI is InChI=1S/C13H16N4O/c1-7-5-10(18-4)8(2)9(3)12(7)13-16-11(14)6-15-17-13/h5-6H,1-4H3,(H2,14,16,17). The van der Waals surface area contributed by atoms with E-state index in [1.807, 2.05) is 26.8 Å². The second kappa shape index (κ2) is 4.60. The molecule has 2 rings (SSSR count). The first-order valence-electron chi connectivity index (χ1n) is 5.65. The highest BCUT2D eigenvalue weighted by Crippen LogP contribution is 2.32. The van der Waals surface area contributed by atoms with E-state index in [1.54, 1.807) is 7.11 Å². The van der Waals surface area contributed by atoms with Crippen molar-refractivity contribution in [1.29, 1.82) is 0 Å². The number of nitrogens with two attached hydrogens (primary N) is 1. The van der Waals surface area contributed by atoms with Crippen LogP contribution in [0.2, 0.25) is 0 Å². The van der Waals surface area contributed by atoms with Gasteiger partial charge in [0, 0.05) is 5.56 Å². The van der Waals surface area contributed by atoms with Gasteiger partial charge in [-0.2, -0.15) is 5.10 Å². The van der Waals surface area contributed by atoms with Crippen LogP contribution in [0.1, 0.15) is 16.7 Å².